The Morgan fingerprint density at radius 1 is 1.29 bits per heavy atom. The molecule has 5 nitrogen and oxygen atoms in total. The van der Waals surface area contributed by atoms with Crippen LogP contribution in [0.4, 0.5) is 0 Å². The van der Waals surface area contributed by atoms with Gasteiger partial charge in [0.1, 0.15) is 0 Å². The van der Waals surface area contributed by atoms with Crippen molar-refractivity contribution in [2.24, 2.45) is 5.73 Å². The summed E-state index contributed by atoms with van der Waals surface area (Å²) < 4.78 is 0. The summed E-state index contributed by atoms with van der Waals surface area (Å²) in [4.78, 5) is 26.1. The van der Waals surface area contributed by atoms with Crippen LogP contribution >= 0.6 is 0 Å². The summed E-state index contributed by atoms with van der Waals surface area (Å²) in [6.45, 7) is 5.12. The van der Waals surface area contributed by atoms with Crippen molar-refractivity contribution < 1.29 is 9.59 Å². The molecule has 0 spiro atoms. The van der Waals surface area contributed by atoms with Gasteiger partial charge in [-0.05, 0) is 13.8 Å². The van der Waals surface area contributed by atoms with Crippen molar-refractivity contribution in [2.75, 3.05) is 26.2 Å². The van der Waals surface area contributed by atoms with Gasteiger partial charge < -0.3 is 15.5 Å². The van der Waals surface area contributed by atoms with Crippen LogP contribution < -0.4 is 5.73 Å². The van der Waals surface area contributed by atoms with E-state index >= 15 is 0 Å². The lowest BCUT2D eigenvalue weighted by molar-refractivity contribution is -0.150. The summed E-state index contributed by atoms with van der Waals surface area (Å²) in [5, 5.41) is 0. The molecule has 0 aromatic rings. The molecule has 1 heterocycles. The molecule has 1 aliphatic heterocycles. The smallest absolute Gasteiger partial charge is 0.242 e. The van der Waals surface area contributed by atoms with Crippen LogP contribution in [0.3, 0.4) is 0 Å². The maximum Gasteiger partial charge on any atom is 0.242 e. The van der Waals surface area contributed by atoms with Crippen molar-refractivity contribution in [3.05, 3.63) is 0 Å². The number of hydrogen-bond donors (Lipinski definition) is 1. The molecule has 0 aromatic heterocycles. The minimum absolute atomic E-state index is 0.00718. The van der Waals surface area contributed by atoms with E-state index in [0.717, 1.165) is 0 Å². The molecule has 0 radical (unpaired) electrons. The molecule has 0 saturated carbocycles. The van der Waals surface area contributed by atoms with Crippen LogP contribution in [0.1, 0.15) is 13.8 Å². The molecule has 2 amide bonds. The first-order valence-electron chi connectivity index (χ1n) is 4.85. The van der Waals surface area contributed by atoms with Crippen LogP contribution in [0.15, 0.2) is 0 Å². The molecular formula is C9H17N3O2. The number of carbonyl (C=O) groups excluding carboxylic acids is 2. The summed E-state index contributed by atoms with van der Waals surface area (Å²) in [5.74, 6) is -0.00324. The van der Waals surface area contributed by atoms with E-state index in [1.54, 1.807) is 4.90 Å². The van der Waals surface area contributed by atoms with E-state index in [1.165, 1.54) is 4.90 Å². The van der Waals surface area contributed by atoms with E-state index in [2.05, 4.69) is 0 Å². The molecule has 5 heteroatoms. The highest BCUT2D eigenvalue weighted by molar-refractivity contribution is 5.92. The lowest BCUT2D eigenvalue weighted by Gasteiger charge is -2.34. The number of nitrogens with two attached hydrogens (primary N) is 1. The zero-order valence-corrected chi connectivity index (χ0v) is 8.69. The van der Waals surface area contributed by atoms with Gasteiger partial charge in [-0.2, -0.15) is 0 Å². The number of hydrogen-bond acceptors (Lipinski definition) is 3. The topological polar surface area (TPSA) is 66.6 Å². The molecule has 0 aromatic carbocycles. The van der Waals surface area contributed by atoms with Gasteiger partial charge in [-0.15, -0.1) is 0 Å². The number of likely N-dealkylation sites (N-methyl/N-ethyl adjacent to an activating group) is 1. The molecule has 1 aliphatic rings. The molecule has 0 aliphatic carbocycles. The predicted molar refractivity (Wildman–Crippen MR) is 52.5 cm³/mol. The number of piperazine rings is 1. The largest absolute Gasteiger partial charge is 0.332 e. The Hall–Kier alpha value is -1.10. The van der Waals surface area contributed by atoms with Gasteiger partial charge in [-0.1, -0.05) is 0 Å². The first-order chi connectivity index (χ1) is 6.54. The monoisotopic (exact) mass is 199 g/mol. The molecule has 1 atom stereocenters. The lowest BCUT2D eigenvalue weighted by atomic mass is 10.2. The van der Waals surface area contributed by atoms with Crippen molar-refractivity contribution in [3.63, 3.8) is 0 Å². The minimum Gasteiger partial charge on any atom is -0.332 e. The van der Waals surface area contributed by atoms with Gasteiger partial charge in [-0.3, -0.25) is 9.59 Å². The Morgan fingerprint density at radius 3 is 2.29 bits per heavy atom. The molecule has 0 bridgehead atoms. The SMILES string of the molecule is CCN1CC(=O)N(CC(C)N)CC1=O. The molecule has 1 rings (SSSR count). The maximum atomic E-state index is 11.5. The fourth-order valence-corrected chi connectivity index (χ4v) is 1.51. The number of carbonyl (C=O) groups is 2. The summed E-state index contributed by atoms with van der Waals surface area (Å²) in [6.07, 6.45) is 0. The van der Waals surface area contributed by atoms with Gasteiger partial charge in [0.2, 0.25) is 11.8 Å². The molecule has 80 valence electrons. The van der Waals surface area contributed by atoms with Gasteiger partial charge in [0.25, 0.3) is 0 Å². The van der Waals surface area contributed by atoms with E-state index in [4.69, 9.17) is 5.73 Å². The Morgan fingerprint density at radius 2 is 1.79 bits per heavy atom. The van der Waals surface area contributed by atoms with Crippen molar-refractivity contribution in [2.45, 2.75) is 19.9 Å². The van der Waals surface area contributed by atoms with Crippen LogP contribution in [-0.4, -0.2) is 53.8 Å². The van der Waals surface area contributed by atoms with Crippen LogP contribution in [-0.2, 0) is 9.59 Å². The van der Waals surface area contributed by atoms with E-state index in [9.17, 15) is 9.59 Å². The van der Waals surface area contributed by atoms with Crippen molar-refractivity contribution in [3.8, 4) is 0 Å². The van der Waals surface area contributed by atoms with Gasteiger partial charge in [0.15, 0.2) is 0 Å². The molecule has 2 N–H and O–H groups in total. The van der Waals surface area contributed by atoms with Gasteiger partial charge >= 0.3 is 0 Å². The second-order valence-electron chi connectivity index (χ2n) is 3.66. The third-order valence-corrected chi connectivity index (χ3v) is 2.25. The quantitative estimate of drug-likeness (QED) is 0.635. The van der Waals surface area contributed by atoms with E-state index in [0.29, 0.717) is 13.1 Å². The Bertz CT molecular complexity index is 240. The van der Waals surface area contributed by atoms with Gasteiger partial charge in [-0.25, -0.2) is 0 Å². The number of amides is 2. The van der Waals surface area contributed by atoms with Crippen LogP contribution in [0, 0.1) is 0 Å². The van der Waals surface area contributed by atoms with Crippen molar-refractivity contribution in [1.82, 2.24) is 9.80 Å². The number of rotatable bonds is 3. The lowest BCUT2D eigenvalue weighted by Crippen LogP contribution is -2.55. The Balaban J connectivity index is 2.57. The Kier molecular flexibility index (Phi) is 3.46. The molecule has 1 saturated heterocycles. The van der Waals surface area contributed by atoms with Gasteiger partial charge in [0.05, 0.1) is 13.1 Å². The highest BCUT2D eigenvalue weighted by Crippen LogP contribution is 2.04. The van der Waals surface area contributed by atoms with Crippen LogP contribution in [0.2, 0.25) is 0 Å². The summed E-state index contributed by atoms with van der Waals surface area (Å²) in [7, 11) is 0. The standard InChI is InChI=1S/C9H17N3O2/c1-3-11-5-9(14)12(4-7(2)10)6-8(11)13/h7H,3-6,10H2,1-2H3. The maximum absolute atomic E-state index is 11.5. The highest BCUT2D eigenvalue weighted by Gasteiger charge is 2.28. The second kappa shape index (κ2) is 4.41. The molecule has 14 heavy (non-hydrogen) atoms. The molecule has 1 fully saturated rings. The molecular weight excluding hydrogens is 182 g/mol. The average Bonchev–Trinajstić information content (AvgIpc) is 2.10. The average molecular weight is 199 g/mol. The fourth-order valence-electron chi connectivity index (χ4n) is 1.51. The Labute approximate surface area is 83.8 Å². The molecule has 1 unspecified atom stereocenters. The minimum atomic E-state index is -0.0834. The third-order valence-electron chi connectivity index (χ3n) is 2.25. The van der Waals surface area contributed by atoms with E-state index in [-0.39, 0.29) is 30.9 Å². The second-order valence-corrected chi connectivity index (χ2v) is 3.66. The van der Waals surface area contributed by atoms with Crippen molar-refractivity contribution in [1.29, 1.82) is 0 Å². The van der Waals surface area contributed by atoms with Gasteiger partial charge in [0, 0.05) is 19.1 Å². The predicted octanol–water partition coefficient (Wildman–Crippen LogP) is -0.976. The highest BCUT2D eigenvalue weighted by atomic mass is 16.2. The fraction of sp³-hybridized carbons (Fsp3) is 0.778. The normalized spacial score (nSPS) is 20.2. The summed E-state index contributed by atoms with van der Waals surface area (Å²) in [5.41, 5.74) is 5.58. The summed E-state index contributed by atoms with van der Waals surface area (Å²) >= 11 is 0. The zero-order valence-electron chi connectivity index (χ0n) is 8.69. The third kappa shape index (κ3) is 2.45. The van der Waals surface area contributed by atoms with Crippen LogP contribution in [0.25, 0.3) is 0 Å². The first kappa shape index (κ1) is 11.0. The van der Waals surface area contributed by atoms with E-state index in [1.807, 2.05) is 13.8 Å². The van der Waals surface area contributed by atoms with E-state index < -0.39 is 0 Å². The first-order valence-corrected chi connectivity index (χ1v) is 4.85. The van der Waals surface area contributed by atoms with Crippen LogP contribution in [0.5, 0.6) is 0 Å². The van der Waals surface area contributed by atoms with Crippen molar-refractivity contribution >= 4 is 11.8 Å². The zero-order chi connectivity index (χ0) is 10.7. The number of nitrogens with zero attached hydrogens (tertiary/aromatic N) is 2. The summed E-state index contributed by atoms with van der Waals surface area (Å²) in [6, 6.07) is -0.0834.